The summed E-state index contributed by atoms with van der Waals surface area (Å²) in [4.78, 5) is 26.3. The van der Waals surface area contributed by atoms with Gasteiger partial charge in [0.2, 0.25) is 0 Å². The number of hydrogen-bond donors (Lipinski definition) is 2. The standard InChI is InChI=1S/C17H19N7O/c25-15-7-6-14(22-23-15)24-9-2-1-4-12(24)10-19-17-13-5-3-8-18-16(13)20-11-21-17/h3,5-8,11-12H,1-2,4,9-10H2,(H,23,25)(H,18,19,20,21). The summed E-state index contributed by atoms with van der Waals surface area (Å²) in [5, 5.41) is 11.0. The highest BCUT2D eigenvalue weighted by atomic mass is 16.1. The molecule has 3 aromatic rings. The Morgan fingerprint density at radius 3 is 3.04 bits per heavy atom. The van der Waals surface area contributed by atoms with Gasteiger partial charge in [-0.25, -0.2) is 20.1 Å². The molecule has 25 heavy (non-hydrogen) atoms. The third-order valence-electron chi connectivity index (χ3n) is 4.50. The van der Waals surface area contributed by atoms with E-state index in [1.165, 1.54) is 18.8 Å². The summed E-state index contributed by atoms with van der Waals surface area (Å²) in [6.45, 7) is 1.67. The minimum atomic E-state index is -0.185. The fourth-order valence-electron chi connectivity index (χ4n) is 3.26. The van der Waals surface area contributed by atoms with E-state index < -0.39 is 0 Å². The van der Waals surface area contributed by atoms with Crippen LogP contribution in [0.5, 0.6) is 0 Å². The largest absolute Gasteiger partial charge is 0.367 e. The van der Waals surface area contributed by atoms with Gasteiger partial charge in [0.1, 0.15) is 18.0 Å². The first-order valence-corrected chi connectivity index (χ1v) is 8.43. The third kappa shape index (κ3) is 3.28. The summed E-state index contributed by atoms with van der Waals surface area (Å²) in [6, 6.07) is 7.43. The first-order valence-electron chi connectivity index (χ1n) is 8.43. The Hall–Kier alpha value is -3.03. The molecule has 0 saturated carbocycles. The molecule has 1 aliphatic rings. The molecule has 1 fully saturated rings. The molecule has 128 valence electrons. The van der Waals surface area contributed by atoms with Gasteiger partial charge in [0.15, 0.2) is 5.65 Å². The number of aromatic nitrogens is 5. The molecule has 0 aromatic carbocycles. The molecule has 0 bridgehead atoms. The van der Waals surface area contributed by atoms with Gasteiger partial charge in [-0.3, -0.25) is 4.79 Å². The highest BCUT2D eigenvalue weighted by Gasteiger charge is 2.24. The number of nitrogens with zero attached hydrogens (tertiary/aromatic N) is 5. The molecular formula is C17H19N7O. The van der Waals surface area contributed by atoms with E-state index in [1.54, 1.807) is 12.3 Å². The molecule has 4 rings (SSSR count). The summed E-state index contributed by atoms with van der Waals surface area (Å²) in [5.41, 5.74) is 0.498. The van der Waals surface area contributed by atoms with Crippen molar-refractivity contribution in [3.05, 3.63) is 47.1 Å². The van der Waals surface area contributed by atoms with Crippen LogP contribution < -0.4 is 15.8 Å². The first kappa shape index (κ1) is 15.5. The van der Waals surface area contributed by atoms with E-state index in [9.17, 15) is 4.79 Å². The van der Waals surface area contributed by atoms with Gasteiger partial charge in [0.25, 0.3) is 5.56 Å². The molecule has 3 aromatic heterocycles. The number of aromatic amines is 1. The van der Waals surface area contributed by atoms with E-state index in [-0.39, 0.29) is 11.6 Å². The zero-order chi connectivity index (χ0) is 17.1. The molecule has 1 aliphatic heterocycles. The Bertz CT molecular complexity index is 900. The molecule has 8 nitrogen and oxygen atoms in total. The number of H-pyrrole nitrogens is 1. The average molecular weight is 337 g/mol. The quantitative estimate of drug-likeness (QED) is 0.745. The molecule has 0 spiro atoms. The van der Waals surface area contributed by atoms with Crippen LogP contribution in [0, 0.1) is 0 Å². The fourth-order valence-corrected chi connectivity index (χ4v) is 3.26. The average Bonchev–Trinajstić information content (AvgIpc) is 2.67. The number of rotatable bonds is 4. The molecule has 1 saturated heterocycles. The van der Waals surface area contributed by atoms with Crippen LogP contribution in [0.3, 0.4) is 0 Å². The van der Waals surface area contributed by atoms with Crippen molar-refractivity contribution in [2.24, 2.45) is 0 Å². The number of piperidine rings is 1. The highest BCUT2D eigenvalue weighted by molar-refractivity contribution is 5.85. The monoisotopic (exact) mass is 337 g/mol. The predicted molar refractivity (Wildman–Crippen MR) is 95.7 cm³/mol. The van der Waals surface area contributed by atoms with Crippen LogP contribution in [0.4, 0.5) is 11.6 Å². The van der Waals surface area contributed by atoms with Crippen molar-refractivity contribution in [3.63, 3.8) is 0 Å². The van der Waals surface area contributed by atoms with Crippen LogP contribution in [0.15, 0.2) is 41.6 Å². The summed E-state index contributed by atoms with van der Waals surface area (Å²) in [5.74, 6) is 1.60. The van der Waals surface area contributed by atoms with E-state index in [1.807, 2.05) is 12.1 Å². The summed E-state index contributed by atoms with van der Waals surface area (Å²) >= 11 is 0. The second-order valence-corrected chi connectivity index (χ2v) is 6.10. The summed E-state index contributed by atoms with van der Waals surface area (Å²) in [6.07, 6.45) is 6.62. The fraction of sp³-hybridized carbons (Fsp3) is 0.353. The Balaban J connectivity index is 1.53. The van der Waals surface area contributed by atoms with Crippen LogP contribution in [-0.4, -0.2) is 44.3 Å². The smallest absolute Gasteiger partial charge is 0.264 e. The molecule has 0 aliphatic carbocycles. The number of nitrogens with one attached hydrogen (secondary N) is 2. The maximum Gasteiger partial charge on any atom is 0.264 e. The van der Waals surface area contributed by atoms with E-state index in [0.717, 1.165) is 43.0 Å². The minimum absolute atomic E-state index is 0.185. The molecule has 2 N–H and O–H groups in total. The van der Waals surface area contributed by atoms with Gasteiger partial charge >= 0.3 is 0 Å². The van der Waals surface area contributed by atoms with Crippen LogP contribution in [0.1, 0.15) is 19.3 Å². The van der Waals surface area contributed by atoms with Gasteiger partial charge in [-0.2, -0.15) is 5.10 Å². The zero-order valence-electron chi connectivity index (χ0n) is 13.7. The summed E-state index contributed by atoms with van der Waals surface area (Å²) in [7, 11) is 0. The topological polar surface area (TPSA) is 99.7 Å². The van der Waals surface area contributed by atoms with Crippen molar-refractivity contribution < 1.29 is 0 Å². The Kier molecular flexibility index (Phi) is 4.24. The second kappa shape index (κ2) is 6.84. The van der Waals surface area contributed by atoms with Gasteiger partial charge in [0.05, 0.1) is 5.39 Å². The summed E-state index contributed by atoms with van der Waals surface area (Å²) < 4.78 is 0. The maximum absolute atomic E-state index is 11.3. The molecule has 0 amide bonds. The van der Waals surface area contributed by atoms with E-state index in [0.29, 0.717) is 5.65 Å². The lowest BCUT2D eigenvalue weighted by molar-refractivity contribution is 0.467. The van der Waals surface area contributed by atoms with Crippen molar-refractivity contribution in [1.29, 1.82) is 0 Å². The van der Waals surface area contributed by atoms with Crippen LogP contribution >= 0.6 is 0 Å². The Labute approximate surface area is 144 Å². The molecule has 8 heteroatoms. The predicted octanol–water partition coefficient (Wildman–Crippen LogP) is 1.58. The van der Waals surface area contributed by atoms with E-state index >= 15 is 0 Å². The minimum Gasteiger partial charge on any atom is -0.367 e. The van der Waals surface area contributed by atoms with Gasteiger partial charge in [-0.1, -0.05) is 0 Å². The highest BCUT2D eigenvalue weighted by Crippen LogP contribution is 2.23. The molecule has 1 unspecified atom stereocenters. The SMILES string of the molecule is O=c1ccc(N2CCCCC2CNc2ncnc3ncccc23)n[nH]1. The van der Waals surface area contributed by atoms with Gasteiger partial charge in [-0.05, 0) is 37.5 Å². The Morgan fingerprint density at radius 2 is 2.16 bits per heavy atom. The van der Waals surface area contributed by atoms with Crippen LogP contribution in [0.2, 0.25) is 0 Å². The molecular weight excluding hydrogens is 318 g/mol. The van der Waals surface area contributed by atoms with Crippen molar-refractivity contribution >= 4 is 22.7 Å². The third-order valence-corrected chi connectivity index (χ3v) is 4.50. The van der Waals surface area contributed by atoms with Crippen molar-refractivity contribution in [2.45, 2.75) is 25.3 Å². The number of pyridine rings is 1. The van der Waals surface area contributed by atoms with E-state index in [4.69, 9.17) is 0 Å². The van der Waals surface area contributed by atoms with Crippen molar-refractivity contribution in [2.75, 3.05) is 23.3 Å². The Morgan fingerprint density at radius 1 is 1.20 bits per heavy atom. The van der Waals surface area contributed by atoms with Crippen molar-refractivity contribution in [1.82, 2.24) is 25.1 Å². The van der Waals surface area contributed by atoms with Crippen LogP contribution in [0.25, 0.3) is 11.0 Å². The lowest BCUT2D eigenvalue weighted by Gasteiger charge is -2.36. The molecule has 0 radical (unpaired) electrons. The van der Waals surface area contributed by atoms with Gasteiger partial charge < -0.3 is 10.2 Å². The van der Waals surface area contributed by atoms with Crippen molar-refractivity contribution in [3.8, 4) is 0 Å². The number of anilines is 2. The molecule has 4 heterocycles. The normalized spacial score (nSPS) is 17.6. The van der Waals surface area contributed by atoms with Gasteiger partial charge in [0, 0.05) is 31.4 Å². The van der Waals surface area contributed by atoms with E-state index in [2.05, 4.69) is 35.4 Å². The second-order valence-electron chi connectivity index (χ2n) is 6.10. The zero-order valence-corrected chi connectivity index (χ0v) is 13.7. The number of fused-ring (bicyclic) bond motifs is 1. The first-order chi connectivity index (χ1) is 12.3. The molecule has 1 atom stereocenters. The number of hydrogen-bond acceptors (Lipinski definition) is 7. The van der Waals surface area contributed by atoms with Crippen LogP contribution in [-0.2, 0) is 0 Å². The maximum atomic E-state index is 11.3. The lowest BCUT2D eigenvalue weighted by Crippen LogP contribution is -2.44. The van der Waals surface area contributed by atoms with Gasteiger partial charge in [-0.15, -0.1) is 0 Å². The lowest BCUT2D eigenvalue weighted by atomic mass is 10.0.